The number of aryl methyl sites for hydroxylation is 1. The molecule has 132 valence electrons. The van der Waals surface area contributed by atoms with Crippen LogP contribution in [-0.4, -0.2) is 41.5 Å². The molecule has 3 rings (SSSR count). The zero-order valence-corrected chi connectivity index (χ0v) is 14.3. The summed E-state index contributed by atoms with van der Waals surface area (Å²) in [5.41, 5.74) is 6.29. The van der Waals surface area contributed by atoms with E-state index < -0.39 is 0 Å². The van der Waals surface area contributed by atoms with Gasteiger partial charge in [-0.15, -0.1) is 0 Å². The van der Waals surface area contributed by atoms with Gasteiger partial charge in [0.15, 0.2) is 5.82 Å². The minimum absolute atomic E-state index is 0.00723. The van der Waals surface area contributed by atoms with E-state index in [4.69, 9.17) is 10.3 Å². The summed E-state index contributed by atoms with van der Waals surface area (Å²) < 4.78 is 4.91. The Labute approximate surface area is 141 Å². The fraction of sp³-hybridized carbons (Fsp3) is 0.706. The number of likely N-dealkylation sites (N-methyl/N-ethyl adjacent to an activating group) is 1. The van der Waals surface area contributed by atoms with Crippen molar-refractivity contribution in [2.75, 3.05) is 18.9 Å². The topological polar surface area (TPSA) is 101 Å². The number of nitrogens with two attached hydrogens (primary N) is 1. The summed E-state index contributed by atoms with van der Waals surface area (Å²) in [5, 5.41) is 6.36. The van der Waals surface area contributed by atoms with E-state index in [-0.39, 0.29) is 30.3 Å². The number of hydrogen-bond donors (Lipinski definition) is 2. The van der Waals surface area contributed by atoms with Crippen LogP contribution in [0.3, 0.4) is 0 Å². The Morgan fingerprint density at radius 1 is 1.38 bits per heavy atom. The zero-order valence-electron chi connectivity index (χ0n) is 14.3. The van der Waals surface area contributed by atoms with Gasteiger partial charge >= 0.3 is 0 Å². The van der Waals surface area contributed by atoms with E-state index in [9.17, 15) is 9.59 Å². The average molecular weight is 334 g/mol. The molecule has 2 bridgehead atoms. The second kappa shape index (κ2) is 6.93. The predicted molar refractivity (Wildman–Crippen MR) is 89.0 cm³/mol. The van der Waals surface area contributed by atoms with Gasteiger partial charge in [0.2, 0.25) is 11.8 Å². The molecule has 0 saturated heterocycles. The van der Waals surface area contributed by atoms with Crippen LogP contribution in [-0.2, 0) is 9.59 Å². The Bertz CT molecular complexity index is 601. The van der Waals surface area contributed by atoms with Crippen LogP contribution in [0.1, 0.15) is 37.9 Å². The largest absolute Gasteiger partial charge is 0.360 e. The van der Waals surface area contributed by atoms with Gasteiger partial charge in [-0.3, -0.25) is 9.59 Å². The van der Waals surface area contributed by atoms with Crippen molar-refractivity contribution in [3.63, 3.8) is 0 Å². The first-order chi connectivity index (χ1) is 11.4. The standard InChI is InChI=1S/C17H26N4O3/c1-10-6-14(20-24-10)19-15(22)9-21(2)17(23)13-7-11-4-3-5-12(8-13)16(11)18/h6,11-13,16H,3-5,7-9,18H2,1-2H3,(H,19,20,22). The molecule has 2 unspecified atom stereocenters. The van der Waals surface area contributed by atoms with Gasteiger partial charge in [-0.1, -0.05) is 11.6 Å². The number of fused-ring (bicyclic) bond motifs is 2. The molecule has 2 amide bonds. The summed E-state index contributed by atoms with van der Waals surface area (Å²) in [6.45, 7) is 1.77. The number of amides is 2. The molecule has 2 aliphatic carbocycles. The summed E-state index contributed by atoms with van der Waals surface area (Å²) in [4.78, 5) is 26.3. The molecule has 2 aliphatic rings. The Morgan fingerprint density at radius 3 is 2.62 bits per heavy atom. The summed E-state index contributed by atoms with van der Waals surface area (Å²) in [7, 11) is 1.68. The number of aromatic nitrogens is 1. The highest BCUT2D eigenvalue weighted by Gasteiger charge is 2.41. The fourth-order valence-corrected chi connectivity index (χ4v) is 4.20. The van der Waals surface area contributed by atoms with Crippen LogP contribution in [0.4, 0.5) is 5.82 Å². The van der Waals surface area contributed by atoms with Crippen LogP contribution in [0.2, 0.25) is 0 Å². The van der Waals surface area contributed by atoms with Crippen LogP contribution in [0.15, 0.2) is 10.6 Å². The lowest BCUT2D eigenvalue weighted by Crippen LogP contribution is -2.49. The second-order valence-electron chi connectivity index (χ2n) is 7.26. The SMILES string of the molecule is Cc1cc(NC(=O)CN(C)C(=O)C2CC3CCCC(C2)C3N)no1. The minimum Gasteiger partial charge on any atom is -0.360 e. The van der Waals surface area contributed by atoms with E-state index in [0.717, 1.165) is 25.7 Å². The molecule has 7 heteroatoms. The van der Waals surface area contributed by atoms with E-state index in [1.54, 1.807) is 20.0 Å². The molecule has 3 N–H and O–H groups in total. The van der Waals surface area contributed by atoms with Crippen molar-refractivity contribution >= 4 is 17.6 Å². The predicted octanol–water partition coefficient (Wildman–Crippen LogP) is 1.53. The highest BCUT2D eigenvalue weighted by Crippen LogP contribution is 2.42. The maximum Gasteiger partial charge on any atom is 0.245 e. The van der Waals surface area contributed by atoms with Gasteiger partial charge in [-0.25, -0.2) is 0 Å². The van der Waals surface area contributed by atoms with Crippen molar-refractivity contribution in [3.05, 3.63) is 11.8 Å². The summed E-state index contributed by atoms with van der Waals surface area (Å²) in [6.07, 6.45) is 5.17. The Kier molecular flexibility index (Phi) is 4.89. The second-order valence-corrected chi connectivity index (χ2v) is 7.26. The maximum absolute atomic E-state index is 12.7. The van der Waals surface area contributed by atoms with Gasteiger partial charge in [0.1, 0.15) is 5.76 Å². The summed E-state index contributed by atoms with van der Waals surface area (Å²) in [6, 6.07) is 1.88. The third-order valence-electron chi connectivity index (χ3n) is 5.41. The molecule has 0 aliphatic heterocycles. The molecule has 24 heavy (non-hydrogen) atoms. The molecule has 2 saturated carbocycles. The zero-order chi connectivity index (χ0) is 17.3. The van der Waals surface area contributed by atoms with Crippen LogP contribution >= 0.6 is 0 Å². The van der Waals surface area contributed by atoms with Crippen molar-refractivity contribution < 1.29 is 14.1 Å². The van der Waals surface area contributed by atoms with Gasteiger partial charge in [-0.05, 0) is 44.4 Å². The lowest BCUT2D eigenvalue weighted by Gasteiger charge is -2.44. The first-order valence-corrected chi connectivity index (χ1v) is 8.67. The fourth-order valence-electron chi connectivity index (χ4n) is 4.20. The molecule has 0 spiro atoms. The first-order valence-electron chi connectivity index (χ1n) is 8.67. The molecule has 0 aromatic carbocycles. The Hall–Kier alpha value is -1.89. The van der Waals surface area contributed by atoms with E-state index in [1.165, 1.54) is 11.3 Å². The van der Waals surface area contributed by atoms with Crippen LogP contribution < -0.4 is 11.1 Å². The quantitative estimate of drug-likeness (QED) is 0.869. The first kappa shape index (κ1) is 17.0. The summed E-state index contributed by atoms with van der Waals surface area (Å²) in [5.74, 6) is 1.67. The molecule has 1 heterocycles. The molecule has 1 aromatic heterocycles. The van der Waals surface area contributed by atoms with E-state index in [2.05, 4.69) is 10.5 Å². The van der Waals surface area contributed by atoms with Gasteiger partial charge in [0.05, 0.1) is 6.54 Å². The van der Waals surface area contributed by atoms with Crippen molar-refractivity contribution in [1.82, 2.24) is 10.1 Å². The van der Waals surface area contributed by atoms with Crippen LogP contribution in [0.5, 0.6) is 0 Å². The lowest BCUT2D eigenvalue weighted by atomic mass is 9.65. The Balaban J connectivity index is 1.53. The lowest BCUT2D eigenvalue weighted by molar-refractivity contribution is -0.139. The number of nitrogens with one attached hydrogen (secondary N) is 1. The molecule has 1 aromatic rings. The number of carbonyl (C=O) groups is 2. The normalized spacial score (nSPS) is 29.1. The van der Waals surface area contributed by atoms with Gasteiger partial charge in [0, 0.05) is 25.1 Å². The van der Waals surface area contributed by atoms with Crippen molar-refractivity contribution in [3.8, 4) is 0 Å². The van der Waals surface area contributed by atoms with Gasteiger partial charge < -0.3 is 20.5 Å². The number of hydrogen-bond acceptors (Lipinski definition) is 5. The van der Waals surface area contributed by atoms with Crippen LogP contribution in [0.25, 0.3) is 0 Å². The number of anilines is 1. The van der Waals surface area contributed by atoms with Crippen molar-refractivity contribution in [1.29, 1.82) is 0 Å². The number of nitrogens with zero attached hydrogens (tertiary/aromatic N) is 2. The third kappa shape index (κ3) is 3.61. The van der Waals surface area contributed by atoms with Gasteiger partial charge in [0.25, 0.3) is 0 Å². The minimum atomic E-state index is -0.271. The highest BCUT2D eigenvalue weighted by atomic mass is 16.5. The molecular formula is C17H26N4O3. The van der Waals surface area contributed by atoms with Gasteiger partial charge in [-0.2, -0.15) is 0 Å². The monoisotopic (exact) mass is 334 g/mol. The molecule has 2 fully saturated rings. The van der Waals surface area contributed by atoms with Crippen molar-refractivity contribution in [2.24, 2.45) is 23.5 Å². The van der Waals surface area contributed by atoms with Crippen LogP contribution in [0, 0.1) is 24.7 Å². The third-order valence-corrected chi connectivity index (χ3v) is 5.41. The molecule has 2 atom stereocenters. The van der Waals surface area contributed by atoms with E-state index in [0.29, 0.717) is 23.4 Å². The number of rotatable bonds is 4. The maximum atomic E-state index is 12.7. The molecule has 7 nitrogen and oxygen atoms in total. The molecular weight excluding hydrogens is 308 g/mol. The smallest absolute Gasteiger partial charge is 0.245 e. The summed E-state index contributed by atoms with van der Waals surface area (Å²) >= 11 is 0. The molecule has 0 radical (unpaired) electrons. The van der Waals surface area contributed by atoms with Crippen molar-refractivity contribution in [2.45, 2.75) is 45.1 Å². The van der Waals surface area contributed by atoms with E-state index >= 15 is 0 Å². The number of carbonyl (C=O) groups excluding carboxylic acids is 2. The Morgan fingerprint density at radius 2 is 2.04 bits per heavy atom. The highest BCUT2D eigenvalue weighted by molar-refractivity contribution is 5.94. The van der Waals surface area contributed by atoms with E-state index in [1.807, 2.05) is 0 Å². The average Bonchev–Trinajstić information content (AvgIpc) is 2.91.